The summed E-state index contributed by atoms with van der Waals surface area (Å²) in [6, 6.07) is 1.58. The van der Waals surface area contributed by atoms with Gasteiger partial charge < -0.3 is 25.4 Å². The number of carbonyl (C=O) groups is 3. The van der Waals surface area contributed by atoms with E-state index in [1.54, 1.807) is 6.07 Å². The van der Waals surface area contributed by atoms with Gasteiger partial charge in [0.1, 0.15) is 0 Å². The number of carboxylic acids is 2. The molecule has 156 valence electrons. The maximum atomic E-state index is 12.6. The van der Waals surface area contributed by atoms with Crippen molar-refractivity contribution in [1.29, 1.82) is 0 Å². The number of hydrogen-bond acceptors (Lipinski definition) is 6. The van der Waals surface area contributed by atoms with Crippen LogP contribution in [-0.2, 0) is 22.4 Å². The maximum absolute atomic E-state index is 12.6. The van der Waals surface area contributed by atoms with Crippen molar-refractivity contribution < 1.29 is 34.1 Å². The summed E-state index contributed by atoms with van der Waals surface area (Å²) in [6.07, 6.45) is 4.38. The fourth-order valence-corrected chi connectivity index (χ4v) is 2.90. The molecule has 4 N–H and O–H groups in total. The lowest BCUT2D eigenvalue weighted by molar-refractivity contribution is -0.140. The van der Waals surface area contributed by atoms with Gasteiger partial charge in [0, 0.05) is 11.1 Å². The highest BCUT2D eigenvalue weighted by Gasteiger charge is 2.24. The first-order chi connectivity index (χ1) is 13.3. The van der Waals surface area contributed by atoms with E-state index in [0.29, 0.717) is 29.5 Å². The molecular formula is C20H29NO7. The molecule has 1 rings (SSSR count). The molecule has 0 atom stereocenters. The summed E-state index contributed by atoms with van der Waals surface area (Å²) in [7, 11) is 0. The summed E-state index contributed by atoms with van der Waals surface area (Å²) in [6.45, 7) is 2.59. The third-order valence-corrected chi connectivity index (χ3v) is 4.16. The molecule has 0 unspecified atom stereocenters. The second kappa shape index (κ2) is 12.0. The highest BCUT2D eigenvalue weighted by Crippen LogP contribution is 2.38. The van der Waals surface area contributed by atoms with Crippen LogP contribution in [0.4, 0.5) is 0 Å². The largest absolute Gasteiger partial charge is 0.479 e. The standard InChI is InChI=1S/C20H29NO7/c1-3-5-7-13-9-16(27-11-17(23)24)20(28-12-18(25)26)14(8-6-4-2)19(13)15(22)10-21/h9H,3-8,10-12,21H2,1-2H3,(H,23,24)(H,25,26). The third kappa shape index (κ3) is 6.84. The number of aliphatic carboxylic acids is 2. The number of Topliss-reactive ketones (excluding diaryl/α,β-unsaturated/α-hetero) is 1. The van der Waals surface area contributed by atoms with Crippen LogP contribution in [0.2, 0.25) is 0 Å². The minimum absolute atomic E-state index is 0.106. The van der Waals surface area contributed by atoms with Crippen LogP contribution in [0.5, 0.6) is 11.5 Å². The Balaban J connectivity index is 3.62. The monoisotopic (exact) mass is 395 g/mol. The van der Waals surface area contributed by atoms with E-state index >= 15 is 0 Å². The Morgan fingerprint density at radius 2 is 1.54 bits per heavy atom. The Morgan fingerprint density at radius 1 is 0.964 bits per heavy atom. The number of ketones is 1. The number of nitrogens with two attached hydrogens (primary N) is 1. The van der Waals surface area contributed by atoms with Crippen molar-refractivity contribution in [3.8, 4) is 11.5 Å². The lowest BCUT2D eigenvalue weighted by Crippen LogP contribution is -2.21. The fourth-order valence-electron chi connectivity index (χ4n) is 2.90. The molecule has 0 aromatic heterocycles. The second-order valence-electron chi connectivity index (χ2n) is 6.42. The van der Waals surface area contributed by atoms with Crippen LogP contribution in [-0.4, -0.2) is 47.7 Å². The van der Waals surface area contributed by atoms with Crippen molar-refractivity contribution in [1.82, 2.24) is 0 Å². The summed E-state index contributed by atoms with van der Waals surface area (Å²) in [5.41, 5.74) is 7.30. The van der Waals surface area contributed by atoms with Gasteiger partial charge in [-0.25, -0.2) is 9.59 Å². The van der Waals surface area contributed by atoms with Gasteiger partial charge in [-0.1, -0.05) is 26.7 Å². The average molecular weight is 395 g/mol. The molecule has 0 fully saturated rings. The molecule has 0 saturated heterocycles. The van der Waals surface area contributed by atoms with E-state index in [9.17, 15) is 14.4 Å². The molecule has 28 heavy (non-hydrogen) atoms. The summed E-state index contributed by atoms with van der Waals surface area (Å²) < 4.78 is 10.8. The molecule has 0 heterocycles. The zero-order chi connectivity index (χ0) is 21.1. The zero-order valence-corrected chi connectivity index (χ0v) is 16.5. The van der Waals surface area contributed by atoms with Crippen molar-refractivity contribution in [2.45, 2.75) is 52.4 Å². The van der Waals surface area contributed by atoms with Gasteiger partial charge in [0.05, 0.1) is 6.54 Å². The van der Waals surface area contributed by atoms with Gasteiger partial charge in [0.15, 0.2) is 30.5 Å². The molecular weight excluding hydrogens is 366 g/mol. The molecule has 0 aliphatic carbocycles. The highest BCUT2D eigenvalue weighted by atomic mass is 16.5. The summed E-state index contributed by atoms with van der Waals surface area (Å²) in [5, 5.41) is 18.0. The van der Waals surface area contributed by atoms with Crippen molar-refractivity contribution in [2.24, 2.45) is 5.73 Å². The molecule has 8 heteroatoms. The Labute approximate surface area is 164 Å². The Morgan fingerprint density at radius 3 is 2.07 bits per heavy atom. The zero-order valence-electron chi connectivity index (χ0n) is 16.5. The van der Waals surface area contributed by atoms with Crippen molar-refractivity contribution in [3.63, 3.8) is 0 Å². The van der Waals surface area contributed by atoms with Crippen LogP contribution in [0.1, 0.15) is 61.0 Å². The van der Waals surface area contributed by atoms with E-state index in [0.717, 1.165) is 25.7 Å². The van der Waals surface area contributed by atoms with Crippen LogP contribution in [0.15, 0.2) is 6.07 Å². The number of carbonyl (C=O) groups excluding carboxylic acids is 1. The minimum atomic E-state index is -1.19. The number of hydrogen-bond donors (Lipinski definition) is 3. The van der Waals surface area contributed by atoms with Gasteiger partial charge in [-0.2, -0.15) is 0 Å². The first-order valence-electron chi connectivity index (χ1n) is 9.46. The van der Waals surface area contributed by atoms with Gasteiger partial charge >= 0.3 is 11.9 Å². The van der Waals surface area contributed by atoms with Crippen molar-refractivity contribution >= 4 is 17.7 Å². The fraction of sp³-hybridized carbons (Fsp3) is 0.550. The van der Waals surface area contributed by atoms with Gasteiger partial charge in [0.2, 0.25) is 0 Å². The second-order valence-corrected chi connectivity index (χ2v) is 6.42. The van der Waals surface area contributed by atoms with Gasteiger partial charge in [-0.3, -0.25) is 4.79 Å². The molecule has 1 aromatic rings. The average Bonchev–Trinajstić information content (AvgIpc) is 2.66. The van der Waals surface area contributed by atoms with Crippen LogP contribution in [0.3, 0.4) is 0 Å². The molecule has 0 aliphatic heterocycles. The lowest BCUT2D eigenvalue weighted by Gasteiger charge is -2.21. The topological polar surface area (TPSA) is 136 Å². The quantitative estimate of drug-likeness (QED) is 0.409. The Kier molecular flexibility index (Phi) is 10.0. The molecule has 0 amide bonds. The summed E-state index contributed by atoms with van der Waals surface area (Å²) in [5.74, 6) is -2.38. The highest BCUT2D eigenvalue weighted by molar-refractivity contribution is 6.01. The Bertz CT molecular complexity index is 700. The Hall–Kier alpha value is -2.61. The SMILES string of the molecule is CCCCc1cc(OCC(=O)O)c(OCC(=O)O)c(CCCC)c1C(=O)CN. The van der Waals surface area contributed by atoms with E-state index in [1.165, 1.54) is 0 Å². The van der Waals surface area contributed by atoms with E-state index in [2.05, 4.69) is 0 Å². The maximum Gasteiger partial charge on any atom is 0.341 e. The van der Waals surface area contributed by atoms with Gasteiger partial charge in [0.25, 0.3) is 0 Å². The number of ether oxygens (including phenoxy) is 2. The van der Waals surface area contributed by atoms with Crippen LogP contribution in [0.25, 0.3) is 0 Å². The van der Waals surface area contributed by atoms with Crippen LogP contribution >= 0.6 is 0 Å². The summed E-state index contributed by atoms with van der Waals surface area (Å²) >= 11 is 0. The molecule has 8 nitrogen and oxygen atoms in total. The van der Waals surface area contributed by atoms with Crippen molar-refractivity contribution in [3.05, 3.63) is 22.8 Å². The van der Waals surface area contributed by atoms with Crippen LogP contribution < -0.4 is 15.2 Å². The molecule has 0 bridgehead atoms. The van der Waals surface area contributed by atoms with E-state index in [-0.39, 0.29) is 23.8 Å². The number of aryl methyl sites for hydroxylation is 1. The van der Waals surface area contributed by atoms with Gasteiger partial charge in [-0.15, -0.1) is 0 Å². The molecule has 0 aliphatic rings. The normalized spacial score (nSPS) is 10.5. The summed E-state index contributed by atoms with van der Waals surface area (Å²) in [4.78, 5) is 34.6. The molecule has 1 aromatic carbocycles. The predicted octanol–water partition coefficient (Wildman–Crippen LogP) is 2.44. The molecule has 0 radical (unpaired) electrons. The van der Waals surface area contributed by atoms with E-state index in [4.69, 9.17) is 25.4 Å². The number of benzene rings is 1. The number of rotatable bonds is 14. The van der Waals surface area contributed by atoms with Crippen LogP contribution in [0, 0.1) is 0 Å². The number of carboxylic acid groups (broad SMARTS) is 2. The first kappa shape index (κ1) is 23.4. The third-order valence-electron chi connectivity index (χ3n) is 4.16. The first-order valence-corrected chi connectivity index (χ1v) is 9.46. The minimum Gasteiger partial charge on any atom is -0.479 e. The van der Waals surface area contributed by atoms with Crippen molar-refractivity contribution in [2.75, 3.05) is 19.8 Å². The van der Waals surface area contributed by atoms with Gasteiger partial charge in [-0.05, 0) is 37.3 Å². The smallest absolute Gasteiger partial charge is 0.341 e. The van der Waals surface area contributed by atoms with E-state index in [1.807, 2.05) is 13.8 Å². The van der Waals surface area contributed by atoms with E-state index < -0.39 is 25.2 Å². The lowest BCUT2D eigenvalue weighted by atomic mass is 9.90. The molecule has 0 spiro atoms. The molecule has 0 saturated carbocycles. The number of unbranched alkanes of at least 4 members (excludes halogenated alkanes) is 2. The predicted molar refractivity (Wildman–Crippen MR) is 103 cm³/mol.